The maximum Gasteiger partial charge on any atom is 0.249 e. The van der Waals surface area contributed by atoms with E-state index >= 15 is 0 Å². The number of piperidine rings is 1. The summed E-state index contributed by atoms with van der Waals surface area (Å²) in [5, 5.41) is 3.52. The molecule has 1 amide bonds. The van der Waals surface area contributed by atoms with Crippen LogP contribution in [0.1, 0.15) is 41.6 Å². The molecule has 6 nitrogen and oxygen atoms in total. The van der Waals surface area contributed by atoms with Crippen LogP contribution >= 0.6 is 0 Å². The van der Waals surface area contributed by atoms with Gasteiger partial charge in [0.25, 0.3) is 0 Å². The number of hydrogen-bond acceptors (Lipinski definition) is 4. The SMILES string of the molecule is Cc1ccc(S(=O)(=O)N2CCC(C3CCCN3)CC2)cc1C(N)=O. The highest BCUT2D eigenvalue weighted by atomic mass is 32.2. The summed E-state index contributed by atoms with van der Waals surface area (Å²) in [5.41, 5.74) is 6.29. The Morgan fingerprint density at radius 1 is 1.25 bits per heavy atom. The number of amides is 1. The fourth-order valence-corrected chi connectivity index (χ4v) is 5.30. The van der Waals surface area contributed by atoms with E-state index in [-0.39, 0.29) is 10.5 Å². The van der Waals surface area contributed by atoms with Crippen LogP contribution in [0.5, 0.6) is 0 Å². The van der Waals surface area contributed by atoms with Gasteiger partial charge in [-0.15, -0.1) is 0 Å². The maximum atomic E-state index is 12.9. The Bertz CT molecular complexity index is 719. The summed E-state index contributed by atoms with van der Waals surface area (Å²) in [6, 6.07) is 5.14. The molecule has 0 aliphatic carbocycles. The molecule has 2 heterocycles. The number of nitrogens with one attached hydrogen (secondary N) is 1. The largest absolute Gasteiger partial charge is 0.366 e. The van der Waals surface area contributed by atoms with Gasteiger partial charge < -0.3 is 11.1 Å². The van der Waals surface area contributed by atoms with E-state index in [1.165, 1.54) is 23.2 Å². The molecule has 0 spiro atoms. The van der Waals surface area contributed by atoms with Crippen molar-refractivity contribution in [3.05, 3.63) is 29.3 Å². The van der Waals surface area contributed by atoms with Crippen molar-refractivity contribution >= 4 is 15.9 Å². The quantitative estimate of drug-likeness (QED) is 0.854. The second-order valence-electron chi connectivity index (χ2n) is 6.79. The average Bonchev–Trinajstić information content (AvgIpc) is 3.09. The van der Waals surface area contributed by atoms with Crippen LogP contribution in [0.2, 0.25) is 0 Å². The molecule has 0 saturated carbocycles. The Morgan fingerprint density at radius 2 is 1.96 bits per heavy atom. The van der Waals surface area contributed by atoms with Gasteiger partial charge in [-0.25, -0.2) is 8.42 Å². The van der Waals surface area contributed by atoms with Crippen LogP contribution in [0, 0.1) is 12.8 Å². The van der Waals surface area contributed by atoms with E-state index in [9.17, 15) is 13.2 Å². The minimum absolute atomic E-state index is 0.152. The van der Waals surface area contributed by atoms with Crippen LogP contribution in [-0.2, 0) is 10.0 Å². The third kappa shape index (κ3) is 3.34. The number of carbonyl (C=O) groups is 1. The normalized spacial score (nSPS) is 23.5. The number of hydrogen-bond donors (Lipinski definition) is 2. The topological polar surface area (TPSA) is 92.5 Å². The van der Waals surface area contributed by atoms with Crippen LogP contribution in [-0.4, -0.2) is 44.3 Å². The van der Waals surface area contributed by atoms with E-state index in [1.807, 2.05) is 0 Å². The zero-order valence-corrected chi connectivity index (χ0v) is 14.8. The molecule has 1 aromatic rings. The smallest absolute Gasteiger partial charge is 0.249 e. The number of rotatable bonds is 4. The number of sulfonamides is 1. The van der Waals surface area contributed by atoms with Gasteiger partial charge >= 0.3 is 0 Å². The first-order valence-corrected chi connectivity index (χ1v) is 9.97. The highest BCUT2D eigenvalue weighted by Gasteiger charge is 2.33. The van der Waals surface area contributed by atoms with Crippen molar-refractivity contribution in [1.29, 1.82) is 0 Å². The van der Waals surface area contributed by atoms with Crippen molar-refractivity contribution in [3.63, 3.8) is 0 Å². The second kappa shape index (κ2) is 6.82. The molecule has 1 unspecified atom stereocenters. The van der Waals surface area contributed by atoms with Crippen molar-refractivity contribution in [2.24, 2.45) is 11.7 Å². The summed E-state index contributed by atoms with van der Waals surface area (Å²) < 4.78 is 27.3. The molecule has 2 fully saturated rings. The molecule has 2 saturated heterocycles. The molecule has 0 bridgehead atoms. The molecule has 132 valence electrons. The second-order valence-corrected chi connectivity index (χ2v) is 8.72. The molecular weight excluding hydrogens is 326 g/mol. The van der Waals surface area contributed by atoms with Crippen LogP contribution < -0.4 is 11.1 Å². The third-order valence-electron chi connectivity index (χ3n) is 5.28. The van der Waals surface area contributed by atoms with Crippen molar-refractivity contribution < 1.29 is 13.2 Å². The monoisotopic (exact) mass is 351 g/mol. The number of nitrogens with zero attached hydrogens (tertiary/aromatic N) is 1. The predicted molar refractivity (Wildman–Crippen MR) is 92.2 cm³/mol. The van der Waals surface area contributed by atoms with Crippen molar-refractivity contribution in [3.8, 4) is 0 Å². The van der Waals surface area contributed by atoms with Gasteiger partial charge in [0.05, 0.1) is 4.90 Å². The van der Waals surface area contributed by atoms with Crippen molar-refractivity contribution in [2.45, 2.75) is 43.5 Å². The van der Waals surface area contributed by atoms with Gasteiger partial charge in [-0.3, -0.25) is 4.79 Å². The van der Waals surface area contributed by atoms with E-state index in [4.69, 9.17) is 5.73 Å². The lowest BCUT2D eigenvalue weighted by atomic mass is 9.89. The summed E-state index contributed by atoms with van der Waals surface area (Å²) in [5.74, 6) is -0.0475. The van der Waals surface area contributed by atoms with Gasteiger partial charge in [0.2, 0.25) is 15.9 Å². The number of nitrogens with two attached hydrogens (primary N) is 1. The van der Waals surface area contributed by atoms with Crippen LogP contribution in [0.15, 0.2) is 23.1 Å². The van der Waals surface area contributed by atoms with Gasteiger partial charge in [-0.1, -0.05) is 6.07 Å². The summed E-state index contributed by atoms with van der Waals surface area (Å²) >= 11 is 0. The molecule has 2 aliphatic heterocycles. The van der Waals surface area contributed by atoms with Gasteiger partial charge in [0, 0.05) is 24.7 Å². The minimum Gasteiger partial charge on any atom is -0.366 e. The van der Waals surface area contributed by atoms with Crippen LogP contribution in [0.3, 0.4) is 0 Å². The first-order valence-electron chi connectivity index (χ1n) is 8.53. The lowest BCUT2D eigenvalue weighted by molar-refractivity contribution is 0.0999. The predicted octanol–water partition coefficient (Wildman–Crippen LogP) is 1.25. The first-order chi connectivity index (χ1) is 11.4. The fraction of sp³-hybridized carbons (Fsp3) is 0.588. The first kappa shape index (κ1) is 17.4. The fourth-order valence-electron chi connectivity index (χ4n) is 3.81. The Hall–Kier alpha value is -1.44. The van der Waals surface area contributed by atoms with E-state index in [1.54, 1.807) is 19.1 Å². The van der Waals surface area contributed by atoms with E-state index in [0.717, 1.165) is 19.4 Å². The Balaban J connectivity index is 1.74. The molecule has 1 aromatic carbocycles. The standard InChI is InChI=1S/C17H25N3O3S/c1-12-4-5-14(11-15(12)17(18)21)24(22,23)20-9-6-13(7-10-20)16-3-2-8-19-16/h4-5,11,13,16,19H,2-3,6-10H2,1H3,(H2,18,21). The molecule has 3 rings (SSSR count). The lowest BCUT2D eigenvalue weighted by Gasteiger charge is -2.34. The van der Waals surface area contributed by atoms with Gasteiger partial charge in [0.1, 0.15) is 0 Å². The summed E-state index contributed by atoms with van der Waals surface area (Å²) in [6.45, 7) is 3.88. The number of carbonyl (C=O) groups excluding carboxylic acids is 1. The minimum atomic E-state index is -3.58. The van der Waals surface area contributed by atoms with Crippen molar-refractivity contribution in [1.82, 2.24) is 9.62 Å². The van der Waals surface area contributed by atoms with Crippen LogP contribution in [0.4, 0.5) is 0 Å². The Morgan fingerprint density at radius 3 is 2.54 bits per heavy atom. The molecule has 0 radical (unpaired) electrons. The molecular formula is C17H25N3O3S. The molecule has 1 atom stereocenters. The van der Waals surface area contributed by atoms with Crippen LogP contribution in [0.25, 0.3) is 0 Å². The van der Waals surface area contributed by atoms with Gasteiger partial charge in [-0.05, 0) is 62.8 Å². The highest BCUT2D eigenvalue weighted by Crippen LogP contribution is 2.29. The number of benzene rings is 1. The van der Waals surface area contributed by atoms with Gasteiger partial charge in [0.15, 0.2) is 0 Å². The molecule has 0 aromatic heterocycles. The van der Waals surface area contributed by atoms with Gasteiger partial charge in [-0.2, -0.15) is 4.31 Å². The van der Waals surface area contributed by atoms with E-state index in [2.05, 4.69) is 5.32 Å². The lowest BCUT2D eigenvalue weighted by Crippen LogP contribution is -2.43. The number of primary amides is 1. The zero-order valence-electron chi connectivity index (χ0n) is 14.0. The molecule has 7 heteroatoms. The summed E-state index contributed by atoms with van der Waals surface area (Å²) in [6.07, 6.45) is 4.16. The molecule has 3 N–H and O–H groups in total. The molecule has 24 heavy (non-hydrogen) atoms. The van der Waals surface area contributed by atoms with E-state index in [0.29, 0.717) is 30.6 Å². The third-order valence-corrected chi connectivity index (χ3v) is 7.17. The maximum absolute atomic E-state index is 12.9. The summed E-state index contributed by atoms with van der Waals surface area (Å²) in [7, 11) is -3.58. The molecule has 2 aliphatic rings. The summed E-state index contributed by atoms with van der Waals surface area (Å²) in [4.78, 5) is 11.6. The van der Waals surface area contributed by atoms with Crippen molar-refractivity contribution in [2.75, 3.05) is 19.6 Å². The number of aryl methyl sites for hydroxylation is 1. The zero-order chi connectivity index (χ0) is 17.3. The average molecular weight is 351 g/mol. The Kier molecular flexibility index (Phi) is 4.94. The highest BCUT2D eigenvalue weighted by molar-refractivity contribution is 7.89. The van der Waals surface area contributed by atoms with E-state index < -0.39 is 15.9 Å². The Labute approximate surface area is 143 Å².